The summed E-state index contributed by atoms with van der Waals surface area (Å²) >= 11 is 0. The van der Waals surface area contributed by atoms with Crippen LogP contribution in [0.4, 0.5) is 0 Å². The highest BCUT2D eigenvalue weighted by molar-refractivity contribution is 6.06. The van der Waals surface area contributed by atoms with E-state index in [2.05, 4.69) is 52.0 Å². The molecule has 1 aromatic heterocycles. The van der Waals surface area contributed by atoms with Crippen molar-refractivity contribution in [2.24, 2.45) is 0 Å². The molecule has 3 nitrogen and oxygen atoms in total. The van der Waals surface area contributed by atoms with Crippen molar-refractivity contribution in [1.29, 1.82) is 0 Å². The first kappa shape index (κ1) is 25.5. The number of fused-ring (bicyclic) bond motifs is 3. The molecule has 0 unspecified atom stereocenters. The van der Waals surface area contributed by atoms with Gasteiger partial charge in [-0.25, -0.2) is 0 Å². The lowest BCUT2D eigenvalue weighted by Crippen LogP contribution is -1.99. The predicted molar refractivity (Wildman–Crippen MR) is 141 cm³/mol. The molecular weight excluding hydrogens is 408 g/mol. The van der Waals surface area contributed by atoms with E-state index in [0.717, 1.165) is 70.6 Å². The molecule has 33 heavy (non-hydrogen) atoms. The van der Waals surface area contributed by atoms with Crippen LogP contribution < -0.4 is 9.47 Å². The van der Waals surface area contributed by atoms with Gasteiger partial charge in [0, 0.05) is 10.8 Å². The second kappa shape index (κ2) is 13.5. The molecule has 182 valence electrons. The predicted octanol–water partition coefficient (Wildman–Crippen LogP) is 9.68. The summed E-state index contributed by atoms with van der Waals surface area (Å²) in [5.41, 5.74) is 4.09. The average molecular weight is 453 g/mol. The summed E-state index contributed by atoms with van der Waals surface area (Å²) in [5, 5.41) is 2.22. The molecular formula is C30H44O3. The number of hydrogen-bond donors (Lipinski definition) is 0. The maximum absolute atomic E-state index is 6.17. The second-order valence-corrected chi connectivity index (χ2v) is 9.56. The van der Waals surface area contributed by atoms with Gasteiger partial charge in [0.05, 0.1) is 13.2 Å². The number of aryl methyl sites for hydroxylation is 2. The van der Waals surface area contributed by atoms with Gasteiger partial charge in [0.15, 0.2) is 0 Å². The molecule has 0 N–H and O–H groups in total. The van der Waals surface area contributed by atoms with E-state index in [-0.39, 0.29) is 0 Å². The van der Waals surface area contributed by atoms with Gasteiger partial charge in [0.2, 0.25) is 0 Å². The van der Waals surface area contributed by atoms with Gasteiger partial charge in [-0.2, -0.15) is 0 Å². The highest BCUT2D eigenvalue weighted by Gasteiger charge is 2.13. The fourth-order valence-corrected chi connectivity index (χ4v) is 4.47. The van der Waals surface area contributed by atoms with Crippen LogP contribution in [0.1, 0.15) is 102 Å². The standard InChI is InChI=1S/C30H44O3/c1-5-7-9-11-13-15-17-31-27-21-25-26-22-28(32-18-16-14-12-10-8-6-2)24(4)20-30(26)33-29(25)19-23(27)3/h19-22H,5-18H2,1-4H3. The Morgan fingerprint density at radius 1 is 0.545 bits per heavy atom. The van der Waals surface area contributed by atoms with Crippen LogP contribution >= 0.6 is 0 Å². The van der Waals surface area contributed by atoms with Gasteiger partial charge in [-0.05, 0) is 62.1 Å². The highest BCUT2D eigenvalue weighted by Crippen LogP contribution is 2.37. The van der Waals surface area contributed by atoms with Gasteiger partial charge in [-0.1, -0.05) is 78.1 Å². The Hall–Kier alpha value is -2.16. The molecule has 0 atom stereocenters. The van der Waals surface area contributed by atoms with Crippen LogP contribution in [-0.4, -0.2) is 13.2 Å². The third-order valence-corrected chi connectivity index (χ3v) is 6.58. The average Bonchev–Trinajstić information content (AvgIpc) is 3.13. The Kier molecular flexibility index (Phi) is 10.4. The first-order valence-electron chi connectivity index (χ1n) is 13.4. The van der Waals surface area contributed by atoms with E-state index in [9.17, 15) is 0 Å². The van der Waals surface area contributed by atoms with Crippen molar-refractivity contribution in [3.8, 4) is 11.5 Å². The van der Waals surface area contributed by atoms with Crippen LogP contribution in [0.2, 0.25) is 0 Å². The van der Waals surface area contributed by atoms with Crippen molar-refractivity contribution >= 4 is 21.9 Å². The molecule has 3 aromatic rings. The van der Waals surface area contributed by atoms with Gasteiger partial charge < -0.3 is 13.9 Å². The third-order valence-electron chi connectivity index (χ3n) is 6.58. The van der Waals surface area contributed by atoms with Crippen molar-refractivity contribution < 1.29 is 13.9 Å². The minimum atomic E-state index is 0.778. The Morgan fingerprint density at radius 3 is 1.36 bits per heavy atom. The number of benzene rings is 2. The Balaban J connectivity index is 1.63. The van der Waals surface area contributed by atoms with Gasteiger partial charge in [-0.3, -0.25) is 0 Å². The molecule has 3 heteroatoms. The lowest BCUT2D eigenvalue weighted by atomic mass is 10.1. The lowest BCUT2D eigenvalue weighted by molar-refractivity contribution is 0.302. The van der Waals surface area contributed by atoms with Gasteiger partial charge in [0.1, 0.15) is 22.7 Å². The molecule has 0 aliphatic rings. The molecule has 1 heterocycles. The third kappa shape index (κ3) is 7.42. The van der Waals surface area contributed by atoms with Crippen molar-refractivity contribution in [3.63, 3.8) is 0 Å². The van der Waals surface area contributed by atoms with Crippen molar-refractivity contribution in [2.75, 3.05) is 13.2 Å². The van der Waals surface area contributed by atoms with Gasteiger partial charge in [0.25, 0.3) is 0 Å². The highest BCUT2D eigenvalue weighted by atomic mass is 16.5. The number of unbranched alkanes of at least 4 members (excludes halogenated alkanes) is 10. The van der Waals surface area contributed by atoms with Gasteiger partial charge >= 0.3 is 0 Å². The Labute approximate surface area is 200 Å². The Morgan fingerprint density at radius 2 is 0.939 bits per heavy atom. The summed E-state index contributed by atoms with van der Waals surface area (Å²) in [6, 6.07) is 8.52. The summed E-state index contributed by atoms with van der Waals surface area (Å²) in [6.45, 7) is 10.3. The topological polar surface area (TPSA) is 31.6 Å². The largest absolute Gasteiger partial charge is 0.493 e. The minimum Gasteiger partial charge on any atom is -0.493 e. The molecule has 0 spiro atoms. The van der Waals surface area contributed by atoms with E-state index in [1.54, 1.807) is 0 Å². The first-order valence-corrected chi connectivity index (χ1v) is 13.4. The minimum absolute atomic E-state index is 0.778. The molecule has 0 saturated heterocycles. The molecule has 0 radical (unpaired) electrons. The van der Waals surface area contributed by atoms with E-state index in [0.29, 0.717) is 0 Å². The zero-order valence-electron chi connectivity index (χ0n) is 21.4. The lowest BCUT2D eigenvalue weighted by Gasteiger charge is -2.10. The second-order valence-electron chi connectivity index (χ2n) is 9.56. The van der Waals surface area contributed by atoms with E-state index in [4.69, 9.17) is 13.9 Å². The monoisotopic (exact) mass is 452 g/mol. The summed E-state index contributed by atoms with van der Waals surface area (Å²) in [5.74, 6) is 1.93. The van der Waals surface area contributed by atoms with E-state index >= 15 is 0 Å². The van der Waals surface area contributed by atoms with Crippen LogP contribution in [0.5, 0.6) is 11.5 Å². The molecule has 0 saturated carbocycles. The first-order chi connectivity index (χ1) is 16.1. The quantitative estimate of drug-likeness (QED) is 0.203. The van der Waals surface area contributed by atoms with Crippen LogP contribution in [0.3, 0.4) is 0 Å². The van der Waals surface area contributed by atoms with E-state index in [1.165, 1.54) is 64.2 Å². The zero-order valence-corrected chi connectivity index (χ0v) is 21.4. The molecule has 0 bridgehead atoms. The molecule has 0 fully saturated rings. The van der Waals surface area contributed by atoms with Crippen molar-refractivity contribution in [3.05, 3.63) is 35.4 Å². The summed E-state index contributed by atoms with van der Waals surface area (Å²) in [7, 11) is 0. The van der Waals surface area contributed by atoms with Crippen molar-refractivity contribution in [2.45, 2.75) is 105 Å². The van der Waals surface area contributed by atoms with Crippen LogP contribution in [0.15, 0.2) is 28.7 Å². The summed E-state index contributed by atoms with van der Waals surface area (Å²) in [4.78, 5) is 0. The molecule has 2 aromatic carbocycles. The van der Waals surface area contributed by atoms with E-state index in [1.807, 2.05) is 0 Å². The maximum atomic E-state index is 6.17. The van der Waals surface area contributed by atoms with Crippen LogP contribution in [0.25, 0.3) is 21.9 Å². The SMILES string of the molecule is CCCCCCCCOc1cc2c(cc1C)oc1cc(C)c(OCCCCCCCC)cc12. The molecule has 0 aliphatic carbocycles. The fraction of sp³-hybridized carbons (Fsp3) is 0.600. The number of rotatable bonds is 16. The zero-order chi connectivity index (χ0) is 23.5. The van der Waals surface area contributed by atoms with Gasteiger partial charge in [-0.15, -0.1) is 0 Å². The van der Waals surface area contributed by atoms with Crippen LogP contribution in [0, 0.1) is 13.8 Å². The van der Waals surface area contributed by atoms with Crippen LogP contribution in [-0.2, 0) is 0 Å². The van der Waals surface area contributed by atoms with Crippen molar-refractivity contribution in [1.82, 2.24) is 0 Å². The molecule has 0 amide bonds. The summed E-state index contributed by atoms with van der Waals surface area (Å²) in [6.07, 6.45) is 15.3. The molecule has 0 aliphatic heterocycles. The smallest absolute Gasteiger partial charge is 0.135 e. The Bertz CT molecular complexity index is 907. The maximum Gasteiger partial charge on any atom is 0.135 e. The van der Waals surface area contributed by atoms with E-state index < -0.39 is 0 Å². The molecule has 3 rings (SSSR count). The summed E-state index contributed by atoms with van der Waals surface area (Å²) < 4.78 is 18.5. The number of ether oxygens (including phenoxy) is 2. The fourth-order valence-electron chi connectivity index (χ4n) is 4.47. The normalized spacial score (nSPS) is 11.5. The number of furan rings is 1. The number of hydrogen-bond acceptors (Lipinski definition) is 3.